The summed E-state index contributed by atoms with van der Waals surface area (Å²) in [6.45, 7) is 9.68. The minimum absolute atomic E-state index is 0. The summed E-state index contributed by atoms with van der Waals surface area (Å²) in [7, 11) is 3.53. The van der Waals surface area contributed by atoms with Gasteiger partial charge in [0.1, 0.15) is 6.54 Å². The van der Waals surface area contributed by atoms with Crippen LogP contribution in [-0.2, 0) is 9.53 Å². The monoisotopic (exact) mass is 529 g/mol. The highest BCUT2D eigenvalue weighted by atomic mass is 127. The number of carbonyl (C=O) groups excluding carboxylic acids is 1. The van der Waals surface area contributed by atoms with Crippen LogP contribution in [0.3, 0.4) is 0 Å². The summed E-state index contributed by atoms with van der Waals surface area (Å²) in [4.78, 5) is 23.0. The van der Waals surface area contributed by atoms with Gasteiger partial charge < -0.3 is 24.8 Å². The van der Waals surface area contributed by atoms with Crippen LogP contribution < -0.4 is 10.2 Å². The van der Waals surface area contributed by atoms with E-state index < -0.39 is 0 Å². The molecule has 0 aromatic heterocycles. The molecule has 1 amide bonds. The van der Waals surface area contributed by atoms with Crippen LogP contribution in [0.4, 0.5) is 5.69 Å². The van der Waals surface area contributed by atoms with Crippen molar-refractivity contribution in [1.29, 1.82) is 0 Å². The van der Waals surface area contributed by atoms with Gasteiger partial charge in [0.2, 0.25) is 5.91 Å². The molecule has 0 radical (unpaired) electrons. The fourth-order valence-electron chi connectivity index (χ4n) is 3.78. The molecule has 2 heterocycles. The van der Waals surface area contributed by atoms with E-state index in [2.05, 4.69) is 52.2 Å². The van der Waals surface area contributed by atoms with Crippen LogP contribution >= 0.6 is 24.0 Å². The highest BCUT2D eigenvalue weighted by Gasteiger charge is 2.23. The molecule has 0 aliphatic carbocycles. The molecule has 3 rings (SSSR count). The highest BCUT2D eigenvalue weighted by Crippen LogP contribution is 2.23. The number of amides is 1. The van der Waals surface area contributed by atoms with Crippen molar-refractivity contribution in [3.05, 3.63) is 29.3 Å². The van der Waals surface area contributed by atoms with Crippen LogP contribution in [-0.4, -0.2) is 87.7 Å². The van der Waals surface area contributed by atoms with E-state index in [1.165, 1.54) is 16.8 Å². The van der Waals surface area contributed by atoms with Gasteiger partial charge >= 0.3 is 0 Å². The number of nitrogens with one attached hydrogen (secondary N) is 1. The molecule has 168 valence electrons. The van der Waals surface area contributed by atoms with Crippen molar-refractivity contribution < 1.29 is 9.53 Å². The van der Waals surface area contributed by atoms with Gasteiger partial charge in [0.25, 0.3) is 0 Å². The number of carbonyl (C=O) groups is 1. The Morgan fingerprint density at radius 1 is 1.23 bits per heavy atom. The van der Waals surface area contributed by atoms with E-state index in [0.29, 0.717) is 0 Å². The molecule has 0 bridgehead atoms. The van der Waals surface area contributed by atoms with Gasteiger partial charge in [0, 0.05) is 59.1 Å². The average molecular weight is 529 g/mol. The van der Waals surface area contributed by atoms with Crippen molar-refractivity contribution in [1.82, 2.24) is 15.1 Å². The summed E-state index contributed by atoms with van der Waals surface area (Å²) in [5.74, 6) is 0.826. The summed E-state index contributed by atoms with van der Waals surface area (Å²) in [6.07, 6.45) is 2.44. The maximum Gasteiger partial charge on any atom is 0.243 e. The molecular formula is C22H36IN5O2. The van der Waals surface area contributed by atoms with Gasteiger partial charge in [-0.25, -0.2) is 4.99 Å². The zero-order valence-corrected chi connectivity index (χ0v) is 21.0. The lowest BCUT2D eigenvalue weighted by Gasteiger charge is -2.38. The number of ether oxygens (including phenoxy) is 1. The second kappa shape index (κ2) is 11.7. The molecule has 2 aliphatic heterocycles. The topological polar surface area (TPSA) is 60.4 Å². The Kier molecular flexibility index (Phi) is 9.67. The molecular weight excluding hydrogens is 493 g/mol. The number of aliphatic imine (C=N–C) groups is 1. The van der Waals surface area contributed by atoms with Gasteiger partial charge in [-0.05, 0) is 43.9 Å². The van der Waals surface area contributed by atoms with E-state index in [0.717, 1.165) is 58.1 Å². The molecule has 7 nitrogen and oxygen atoms in total. The number of guanidine groups is 1. The molecule has 30 heavy (non-hydrogen) atoms. The Morgan fingerprint density at radius 3 is 2.60 bits per heavy atom. The molecule has 1 aromatic carbocycles. The lowest BCUT2D eigenvalue weighted by molar-refractivity contribution is -0.127. The largest absolute Gasteiger partial charge is 0.376 e. The third-order valence-corrected chi connectivity index (χ3v) is 5.66. The van der Waals surface area contributed by atoms with Crippen molar-refractivity contribution >= 4 is 41.5 Å². The summed E-state index contributed by atoms with van der Waals surface area (Å²) in [5, 5.41) is 3.46. The Morgan fingerprint density at radius 2 is 1.97 bits per heavy atom. The van der Waals surface area contributed by atoms with E-state index in [1.807, 2.05) is 0 Å². The van der Waals surface area contributed by atoms with Gasteiger partial charge in [0.05, 0.1) is 6.10 Å². The lowest BCUT2D eigenvalue weighted by Crippen LogP contribution is -2.53. The summed E-state index contributed by atoms with van der Waals surface area (Å²) in [6, 6.07) is 6.63. The number of rotatable bonds is 5. The minimum atomic E-state index is 0. The van der Waals surface area contributed by atoms with Crippen molar-refractivity contribution in [2.75, 3.05) is 64.9 Å². The SMILES string of the molecule is Cc1ccc(C)c(N2CCN(C(=NCC(=O)N(C)C)NCC3CCCO3)CC2)c1.I. The number of likely N-dealkylation sites (N-methyl/N-ethyl adjacent to an activating group) is 1. The molecule has 2 aliphatic rings. The van der Waals surface area contributed by atoms with Gasteiger partial charge in [-0.15, -0.1) is 24.0 Å². The first-order valence-electron chi connectivity index (χ1n) is 10.6. The van der Waals surface area contributed by atoms with E-state index in [-0.39, 0.29) is 42.5 Å². The average Bonchev–Trinajstić information content (AvgIpc) is 3.23. The molecule has 0 saturated carbocycles. The van der Waals surface area contributed by atoms with Crippen LogP contribution in [0, 0.1) is 13.8 Å². The Labute approximate surface area is 197 Å². The Hall–Kier alpha value is -1.55. The second-order valence-electron chi connectivity index (χ2n) is 8.21. The maximum absolute atomic E-state index is 12.0. The Balaban J connectivity index is 0.00000320. The molecule has 1 unspecified atom stereocenters. The fraction of sp³-hybridized carbons (Fsp3) is 0.636. The fourth-order valence-corrected chi connectivity index (χ4v) is 3.78. The number of benzene rings is 1. The van der Waals surface area contributed by atoms with Crippen LogP contribution in [0.25, 0.3) is 0 Å². The summed E-state index contributed by atoms with van der Waals surface area (Å²) in [5.41, 5.74) is 3.92. The number of hydrogen-bond acceptors (Lipinski definition) is 4. The second-order valence-corrected chi connectivity index (χ2v) is 8.21. The number of halogens is 1. The Bertz CT molecular complexity index is 726. The first-order chi connectivity index (χ1) is 13.9. The first kappa shape index (κ1) is 24.7. The molecule has 0 spiro atoms. The quantitative estimate of drug-likeness (QED) is 0.361. The number of anilines is 1. The molecule has 2 saturated heterocycles. The minimum Gasteiger partial charge on any atom is -0.376 e. The van der Waals surface area contributed by atoms with E-state index >= 15 is 0 Å². The number of piperazine rings is 1. The third-order valence-electron chi connectivity index (χ3n) is 5.66. The van der Waals surface area contributed by atoms with Crippen molar-refractivity contribution in [3.63, 3.8) is 0 Å². The number of nitrogens with zero attached hydrogens (tertiary/aromatic N) is 4. The molecule has 8 heteroatoms. The smallest absolute Gasteiger partial charge is 0.243 e. The van der Waals surface area contributed by atoms with E-state index in [4.69, 9.17) is 4.74 Å². The van der Waals surface area contributed by atoms with Crippen LogP contribution in [0.2, 0.25) is 0 Å². The van der Waals surface area contributed by atoms with E-state index in [1.54, 1.807) is 19.0 Å². The van der Waals surface area contributed by atoms with Gasteiger partial charge in [-0.3, -0.25) is 4.79 Å². The predicted molar refractivity (Wildman–Crippen MR) is 133 cm³/mol. The lowest BCUT2D eigenvalue weighted by atomic mass is 10.1. The first-order valence-corrected chi connectivity index (χ1v) is 10.6. The van der Waals surface area contributed by atoms with E-state index in [9.17, 15) is 4.79 Å². The van der Waals surface area contributed by atoms with Crippen molar-refractivity contribution in [2.24, 2.45) is 4.99 Å². The van der Waals surface area contributed by atoms with Crippen LogP contribution in [0.5, 0.6) is 0 Å². The number of aryl methyl sites for hydroxylation is 2. The van der Waals surface area contributed by atoms with Crippen molar-refractivity contribution in [2.45, 2.75) is 32.8 Å². The van der Waals surface area contributed by atoms with Gasteiger partial charge in [-0.2, -0.15) is 0 Å². The summed E-state index contributed by atoms with van der Waals surface area (Å²) >= 11 is 0. The summed E-state index contributed by atoms with van der Waals surface area (Å²) < 4.78 is 5.73. The van der Waals surface area contributed by atoms with Crippen LogP contribution in [0.15, 0.2) is 23.2 Å². The normalized spacial score (nSPS) is 19.5. The predicted octanol–water partition coefficient (Wildman–Crippen LogP) is 2.26. The third kappa shape index (κ3) is 6.73. The van der Waals surface area contributed by atoms with Crippen molar-refractivity contribution in [3.8, 4) is 0 Å². The van der Waals surface area contributed by atoms with Gasteiger partial charge in [-0.1, -0.05) is 12.1 Å². The number of hydrogen-bond donors (Lipinski definition) is 1. The molecule has 2 fully saturated rings. The highest BCUT2D eigenvalue weighted by molar-refractivity contribution is 14.0. The molecule has 1 N–H and O–H groups in total. The zero-order chi connectivity index (χ0) is 20.8. The maximum atomic E-state index is 12.0. The zero-order valence-electron chi connectivity index (χ0n) is 18.7. The molecule has 1 aromatic rings. The van der Waals surface area contributed by atoms with Crippen LogP contribution in [0.1, 0.15) is 24.0 Å². The molecule has 1 atom stereocenters. The standard InChI is InChI=1S/C22H35N5O2.HI/c1-17-7-8-18(2)20(14-17)26-9-11-27(12-10-26)22(24-16-21(28)25(3)4)23-15-19-6-5-13-29-19;/h7-8,14,19H,5-6,9-13,15-16H2,1-4H3,(H,23,24);1H. The van der Waals surface area contributed by atoms with Gasteiger partial charge in [0.15, 0.2) is 5.96 Å².